The van der Waals surface area contributed by atoms with Crippen LogP contribution in [0.2, 0.25) is 0 Å². The van der Waals surface area contributed by atoms with E-state index in [0.717, 1.165) is 17.1 Å². The van der Waals surface area contributed by atoms with Gasteiger partial charge in [-0.2, -0.15) is 0 Å². The molecule has 0 unspecified atom stereocenters. The van der Waals surface area contributed by atoms with Crippen molar-refractivity contribution in [2.75, 3.05) is 4.90 Å². The van der Waals surface area contributed by atoms with Crippen LogP contribution in [0.3, 0.4) is 0 Å². The maximum Gasteiger partial charge on any atom is 0.123 e. The van der Waals surface area contributed by atoms with Gasteiger partial charge in [-0.15, -0.1) is 0 Å². The highest BCUT2D eigenvalue weighted by Crippen LogP contribution is 2.63. The van der Waals surface area contributed by atoms with E-state index in [1.807, 2.05) is 0 Å². The SMILES string of the molecule is Fc1ccc(N(c2ccc(F)cc2)c2ccc3c(c2)C2(c4ccccc4-c4ccccc42)c2ccccc2-3)cc1. The minimum atomic E-state index is -0.466. The Morgan fingerprint density at radius 1 is 0.375 bits per heavy atom. The lowest BCUT2D eigenvalue weighted by atomic mass is 9.70. The highest BCUT2D eigenvalue weighted by atomic mass is 19.1. The van der Waals surface area contributed by atoms with Gasteiger partial charge >= 0.3 is 0 Å². The highest BCUT2D eigenvalue weighted by molar-refractivity contribution is 5.96. The van der Waals surface area contributed by atoms with E-state index in [-0.39, 0.29) is 11.6 Å². The second-order valence-electron chi connectivity index (χ2n) is 10.4. The largest absolute Gasteiger partial charge is 0.310 e. The monoisotopic (exact) mass is 519 g/mol. The molecule has 2 aliphatic rings. The summed E-state index contributed by atoms with van der Waals surface area (Å²) in [6, 6.07) is 45.6. The molecule has 190 valence electrons. The van der Waals surface area contributed by atoms with Crippen LogP contribution in [0, 0.1) is 11.6 Å². The molecule has 6 aromatic carbocycles. The quantitative estimate of drug-likeness (QED) is 0.225. The van der Waals surface area contributed by atoms with Crippen molar-refractivity contribution in [2.24, 2.45) is 0 Å². The molecule has 0 heterocycles. The Balaban J connectivity index is 1.44. The Hall–Kier alpha value is -5.02. The van der Waals surface area contributed by atoms with Crippen molar-refractivity contribution >= 4 is 17.1 Å². The van der Waals surface area contributed by atoms with Gasteiger partial charge in [0.1, 0.15) is 11.6 Å². The molecule has 0 bridgehead atoms. The first-order valence-corrected chi connectivity index (χ1v) is 13.4. The van der Waals surface area contributed by atoms with Gasteiger partial charge in [-0.3, -0.25) is 0 Å². The van der Waals surface area contributed by atoms with E-state index >= 15 is 0 Å². The van der Waals surface area contributed by atoms with E-state index in [0.29, 0.717) is 0 Å². The van der Waals surface area contributed by atoms with Crippen LogP contribution >= 0.6 is 0 Å². The summed E-state index contributed by atoms with van der Waals surface area (Å²) in [6.45, 7) is 0. The molecule has 0 aliphatic heterocycles. The van der Waals surface area contributed by atoms with Crippen LogP contribution in [-0.2, 0) is 5.41 Å². The van der Waals surface area contributed by atoms with Gasteiger partial charge in [0.05, 0.1) is 5.41 Å². The molecule has 0 saturated carbocycles. The predicted octanol–water partition coefficient (Wildman–Crippen LogP) is 9.78. The number of benzene rings is 6. The first-order valence-electron chi connectivity index (χ1n) is 13.4. The van der Waals surface area contributed by atoms with Crippen LogP contribution < -0.4 is 4.90 Å². The Morgan fingerprint density at radius 3 is 1.20 bits per heavy atom. The van der Waals surface area contributed by atoms with Crippen LogP contribution in [0.1, 0.15) is 22.3 Å². The maximum absolute atomic E-state index is 14.0. The summed E-state index contributed by atoms with van der Waals surface area (Å²) in [4.78, 5) is 2.06. The molecule has 0 amide bonds. The molecule has 0 aromatic heterocycles. The molecule has 8 rings (SSSR count). The lowest BCUT2D eigenvalue weighted by Gasteiger charge is -2.32. The fourth-order valence-electron chi connectivity index (χ4n) is 6.85. The zero-order valence-corrected chi connectivity index (χ0v) is 21.5. The van der Waals surface area contributed by atoms with Crippen LogP contribution in [0.15, 0.2) is 140 Å². The third-order valence-electron chi connectivity index (χ3n) is 8.41. The first-order chi connectivity index (χ1) is 19.7. The van der Waals surface area contributed by atoms with Crippen molar-refractivity contribution in [3.05, 3.63) is 173 Å². The zero-order valence-electron chi connectivity index (χ0n) is 21.5. The molecule has 0 saturated heterocycles. The van der Waals surface area contributed by atoms with Crippen LogP contribution in [0.25, 0.3) is 22.3 Å². The van der Waals surface area contributed by atoms with Crippen molar-refractivity contribution in [3.8, 4) is 22.3 Å². The second kappa shape index (κ2) is 8.49. The minimum Gasteiger partial charge on any atom is -0.310 e. The fraction of sp³-hybridized carbons (Fsp3) is 0.0270. The summed E-state index contributed by atoms with van der Waals surface area (Å²) in [5, 5.41) is 0. The van der Waals surface area contributed by atoms with Crippen molar-refractivity contribution in [2.45, 2.75) is 5.41 Å². The Morgan fingerprint density at radius 2 is 0.750 bits per heavy atom. The number of fused-ring (bicyclic) bond motifs is 10. The molecule has 40 heavy (non-hydrogen) atoms. The van der Waals surface area contributed by atoms with Gasteiger partial charge in [0.15, 0.2) is 0 Å². The fourth-order valence-corrected chi connectivity index (χ4v) is 6.85. The number of halogens is 2. The number of nitrogens with zero attached hydrogens (tertiary/aromatic N) is 1. The van der Waals surface area contributed by atoms with Gasteiger partial charge in [0, 0.05) is 17.1 Å². The van der Waals surface area contributed by atoms with Gasteiger partial charge in [-0.25, -0.2) is 8.78 Å². The van der Waals surface area contributed by atoms with Crippen LogP contribution in [0.4, 0.5) is 25.8 Å². The average molecular weight is 520 g/mol. The highest BCUT2D eigenvalue weighted by Gasteiger charge is 2.51. The molecule has 1 spiro atoms. The Labute approximate surface area is 231 Å². The molecular weight excluding hydrogens is 496 g/mol. The van der Waals surface area contributed by atoms with Crippen molar-refractivity contribution in [1.29, 1.82) is 0 Å². The first kappa shape index (κ1) is 22.9. The van der Waals surface area contributed by atoms with Crippen LogP contribution in [0.5, 0.6) is 0 Å². The topological polar surface area (TPSA) is 3.24 Å². The van der Waals surface area contributed by atoms with Crippen LogP contribution in [-0.4, -0.2) is 0 Å². The van der Waals surface area contributed by atoms with E-state index in [9.17, 15) is 8.78 Å². The van der Waals surface area contributed by atoms with Crippen molar-refractivity contribution in [1.82, 2.24) is 0 Å². The summed E-state index contributed by atoms with van der Waals surface area (Å²) < 4.78 is 27.9. The summed E-state index contributed by atoms with van der Waals surface area (Å²) in [6.07, 6.45) is 0. The number of anilines is 3. The number of hydrogen-bond donors (Lipinski definition) is 0. The lowest BCUT2D eigenvalue weighted by molar-refractivity contribution is 0.628. The normalized spacial score (nSPS) is 13.4. The van der Waals surface area contributed by atoms with Gasteiger partial charge in [0.25, 0.3) is 0 Å². The lowest BCUT2D eigenvalue weighted by Crippen LogP contribution is -2.26. The van der Waals surface area contributed by atoms with E-state index in [4.69, 9.17) is 0 Å². The van der Waals surface area contributed by atoms with E-state index in [2.05, 4.69) is 95.9 Å². The number of rotatable bonds is 3. The molecule has 2 aliphatic carbocycles. The summed E-state index contributed by atoms with van der Waals surface area (Å²) in [7, 11) is 0. The summed E-state index contributed by atoms with van der Waals surface area (Å²) >= 11 is 0. The second-order valence-corrected chi connectivity index (χ2v) is 10.4. The molecule has 6 aromatic rings. The van der Waals surface area contributed by atoms with Gasteiger partial charge in [0.2, 0.25) is 0 Å². The van der Waals surface area contributed by atoms with Gasteiger partial charge in [-0.05, 0) is 105 Å². The molecular formula is C37H23F2N. The van der Waals surface area contributed by atoms with Gasteiger partial charge in [-0.1, -0.05) is 78.9 Å². The molecule has 0 N–H and O–H groups in total. The van der Waals surface area contributed by atoms with Crippen molar-refractivity contribution in [3.63, 3.8) is 0 Å². The molecule has 0 fully saturated rings. The van der Waals surface area contributed by atoms with Crippen molar-refractivity contribution < 1.29 is 8.78 Å². The standard InChI is InChI=1S/C37H23F2N/c38-24-13-17-26(18-14-24)40(27-19-15-25(39)16-20-27)28-21-22-32-31-9-3-6-12-35(31)37(36(32)23-28)33-10-4-1-7-29(33)30-8-2-5-11-34(30)37/h1-23H. The Kier molecular flexibility index (Phi) is 4.86. The average Bonchev–Trinajstić information content (AvgIpc) is 3.46. The summed E-state index contributed by atoms with van der Waals surface area (Å²) in [5.41, 5.74) is 12.0. The third-order valence-corrected chi connectivity index (χ3v) is 8.41. The maximum atomic E-state index is 14.0. The van der Waals surface area contributed by atoms with E-state index in [1.54, 1.807) is 24.3 Å². The summed E-state index contributed by atoms with van der Waals surface area (Å²) in [5.74, 6) is -0.601. The zero-order chi connectivity index (χ0) is 26.8. The van der Waals surface area contributed by atoms with E-state index < -0.39 is 5.41 Å². The Bertz CT molecular complexity index is 1810. The predicted molar refractivity (Wildman–Crippen MR) is 157 cm³/mol. The smallest absolute Gasteiger partial charge is 0.123 e. The molecule has 0 atom stereocenters. The minimum absolute atomic E-state index is 0.301. The molecule has 0 radical (unpaired) electrons. The third kappa shape index (κ3) is 3.06. The van der Waals surface area contributed by atoms with Gasteiger partial charge < -0.3 is 4.90 Å². The van der Waals surface area contributed by atoms with E-state index in [1.165, 1.54) is 68.8 Å². The number of hydrogen-bond acceptors (Lipinski definition) is 1. The molecule has 1 nitrogen and oxygen atoms in total. The molecule has 3 heteroatoms.